The van der Waals surface area contributed by atoms with Crippen molar-refractivity contribution in [2.24, 2.45) is 0 Å². The van der Waals surface area contributed by atoms with Gasteiger partial charge in [-0.3, -0.25) is 9.59 Å². The first-order valence-corrected chi connectivity index (χ1v) is 12.3. The van der Waals surface area contributed by atoms with E-state index in [1.807, 2.05) is 44.2 Å². The van der Waals surface area contributed by atoms with Crippen LogP contribution >= 0.6 is 0 Å². The second-order valence-corrected chi connectivity index (χ2v) is 8.88. The third-order valence-corrected chi connectivity index (χ3v) is 6.54. The summed E-state index contributed by atoms with van der Waals surface area (Å²) in [5, 5.41) is 11.3. The van der Waals surface area contributed by atoms with Crippen LogP contribution in [0, 0.1) is 0 Å². The fourth-order valence-electron chi connectivity index (χ4n) is 4.93. The number of nitrogens with zero attached hydrogens (tertiary/aromatic N) is 1. The second-order valence-electron chi connectivity index (χ2n) is 8.88. The van der Waals surface area contributed by atoms with E-state index in [4.69, 9.17) is 9.47 Å². The third kappa shape index (κ3) is 4.81. The second kappa shape index (κ2) is 10.8. The zero-order chi connectivity index (χ0) is 24.1. The van der Waals surface area contributed by atoms with Crippen molar-refractivity contribution < 1.29 is 24.2 Å². The monoisotopic (exact) mass is 463 g/mol. The summed E-state index contributed by atoms with van der Waals surface area (Å²) in [5.41, 5.74) is 1.38. The Morgan fingerprint density at radius 3 is 2.38 bits per heavy atom. The number of likely N-dealkylation sites (tertiary alicyclic amines) is 1. The van der Waals surface area contributed by atoms with Crippen LogP contribution < -0.4 is 9.47 Å². The van der Waals surface area contributed by atoms with E-state index in [-0.39, 0.29) is 17.4 Å². The molecule has 2 aromatic rings. The Morgan fingerprint density at radius 1 is 0.971 bits per heavy atom. The van der Waals surface area contributed by atoms with Crippen molar-refractivity contribution in [2.45, 2.75) is 64.5 Å². The number of amides is 1. The molecule has 2 fully saturated rings. The highest BCUT2D eigenvalue weighted by Gasteiger charge is 2.48. The SMILES string of the molecule is CCCOc1cccc(/C(O)=C2/C(=O)C(=O)N(C3CCCCC3)C2c2ccc(OCC)cc2)c1. The molecule has 0 bridgehead atoms. The van der Waals surface area contributed by atoms with Crippen molar-refractivity contribution in [1.29, 1.82) is 0 Å². The third-order valence-electron chi connectivity index (χ3n) is 6.54. The normalized spacial score (nSPS) is 20.5. The van der Waals surface area contributed by atoms with Gasteiger partial charge in [0.15, 0.2) is 0 Å². The highest BCUT2D eigenvalue weighted by atomic mass is 16.5. The number of ketones is 1. The molecule has 2 aliphatic rings. The van der Waals surface area contributed by atoms with E-state index in [0.717, 1.165) is 49.8 Å². The molecule has 1 unspecified atom stereocenters. The summed E-state index contributed by atoms with van der Waals surface area (Å²) in [6, 6.07) is 13.8. The van der Waals surface area contributed by atoms with E-state index in [9.17, 15) is 14.7 Å². The van der Waals surface area contributed by atoms with Gasteiger partial charge < -0.3 is 19.5 Å². The van der Waals surface area contributed by atoms with Crippen molar-refractivity contribution in [1.82, 2.24) is 4.90 Å². The number of aliphatic hydroxyl groups excluding tert-OH is 1. The van der Waals surface area contributed by atoms with Crippen LogP contribution in [0.5, 0.6) is 11.5 Å². The molecule has 1 amide bonds. The number of Topliss-reactive ketones (excluding diaryl/α,β-unsaturated/α-hetero) is 1. The zero-order valence-corrected chi connectivity index (χ0v) is 20.0. The van der Waals surface area contributed by atoms with E-state index < -0.39 is 17.7 Å². The van der Waals surface area contributed by atoms with E-state index in [1.54, 1.807) is 23.1 Å². The minimum atomic E-state index is -0.640. The lowest BCUT2D eigenvalue weighted by Gasteiger charge is -2.35. The summed E-state index contributed by atoms with van der Waals surface area (Å²) in [7, 11) is 0. The maximum absolute atomic E-state index is 13.3. The molecule has 1 aliphatic heterocycles. The zero-order valence-electron chi connectivity index (χ0n) is 20.0. The van der Waals surface area contributed by atoms with Crippen molar-refractivity contribution in [3.63, 3.8) is 0 Å². The van der Waals surface area contributed by atoms with E-state index in [0.29, 0.717) is 24.5 Å². The molecule has 0 radical (unpaired) electrons. The number of carbonyl (C=O) groups is 2. The summed E-state index contributed by atoms with van der Waals surface area (Å²) >= 11 is 0. The fraction of sp³-hybridized carbons (Fsp3) is 0.429. The maximum Gasteiger partial charge on any atom is 0.295 e. The Morgan fingerprint density at radius 2 is 1.71 bits per heavy atom. The molecular formula is C28H33NO5. The Bertz CT molecular complexity index is 1050. The topological polar surface area (TPSA) is 76.1 Å². The van der Waals surface area contributed by atoms with Crippen LogP contribution in [0.15, 0.2) is 54.1 Å². The van der Waals surface area contributed by atoms with E-state index in [1.165, 1.54) is 0 Å². The minimum Gasteiger partial charge on any atom is -0.507 e. The van der Waals surface area contributed by atoms with Gasteiger partial charge in [-0.25, -0.2) is 0 Å². The van der Waals surface area contributed by atoms with Gasteiger partial charge in [-0.1, -0.05) is 50.5 Å². The van der Waals surface area contributed by atoms with Crippen molar-refractivity contribution in [3.8, 4) is 11.5 Å². The van der Waals surface area contributed by atoms with Crippen LogP contribution in [0.4, 0.5) is 0 Å². The largest absolute Gasteiger partial charge is 0.507 e. The summed E-state index contributed by atoms with van der Waals surface area (Å²) in [6.07, 6.45) is 5.78. The lowest BCUT2D eigenvalue weighted by atomic mass is 9.91. The Balaban J connectivity index is 1.80. The van der Waals surface area contributed by atoms with Gasteiger partial charge in [-0.05, 0) is 56.0 Å². The van der Waals surface area contributed by atoms with Crippen LogP contribution in [-0.2, 0) is 9.59 Å². The number of carbonyl (C=O) groups excluding carboxylic acids is 2. The lowest BCUT2D eigenvalue weighted by Crippen LogP contribution is -2.40. The molecule has 1 atom stereocenters. The molecule has 0 aromatic heterocycles. The number of rotatable bonds is 8. The first-order valence-electron chi connectivity index (χ1n) is 12.3. The predicted octanol–water partition coefficient (Wildman–Crippen LogP) is 5.63. The van der Waals surface area contributed by atoms with Gasteiger partial charge in [0.2, 0.25) is 0 Å². The van der Waals surface area contributed by atoms with Gasteiger partial charge in [0.25, 0.3) is 11.7 Å². The van der Waals surface area contributed by atoms with Gasteiger partial charge in [0, 0.05) is 11.6 Å². The number of aliphatic hydroxyl groups is 1. The highest BCUT2D eigenvalue weighted by Crippen LogP contribution is 2.43. The standard InChI is InChI=1S/C28H33NO5/c1-3-17-34-23-12-8-9-20(18-23)26(30)24-25(19-13-15-22(16-14-19)33-4-2)29(28(32)27(24)31)21-10-6-5-7-11-21/h8-9,12-16,18,21,25,30H,3-7,10-11,17H2,1-2H3/b26-24-. The van der Waals surface area contributed by atoms with Crippen LogP contribution in [0.3, 0.4) is 0 Å². The Labute approximate surface area is 201 Å². The molecule has 180 valence electrons. The summed E-state index contributed by atoms with van der Waals surface area (Å²) in [4.78, 5) is 28.3. The van der Waals surface area contributed by atoms with Crippen LogP contribution in [-0.4, -0.2) is 41.0 Å². The van der Waals surface area contributed by atoms with Gasteiger partial charge in [-0.15, -0.1) is 0 Å². The van der Waals surface area contributed by atoms with Gasteiger partial charge in [-0.2, -0.15) is 0 Å². The van der Waals surface area contributed by atoms with Gasteiger partial charge in [0.05, 0.1) is 24.8 Å². The Hall–Kier alpha value is -3.28. The minimum absolute atomic E-state index is 0.0220. The molecule has 34 heavy (non-hydrogen) atoms. The van der Waals surface area contributed by atoms with E-state index >= 15 is 0 Å². The number of benzene rings is 2. The first-order chi connectivity index (χ1) is 16.5. The van der Waals surface area contributed by atoms with Crippen LogP contribution in [0.2, 0.25) is 0 Å². The highest BCUT2D eigenvalue weighted by molar-refractivity contribution is 6.46. The molecule has 1 aliphatic carbocycles. The summed E-state index contributed by atoms with van der Waals surface area (Å²) in [5.74, 6) is -0.00304. The van der Waals surface area contributed by atoms with Gasteiger partial charge >= 0.3 is 0 Å². The molecule has 1 heterocycles. The molecule has 4 rings (SSSR count). The number of hydrogen-bond donors (Lipinski definition) is 1. The smallest absolute Gasteiger partial charge is 0.295 e. The molecule has 2 aromatic carbocycles. The van der Waals surface area contributed by atoms with Crippen molar-refractivity contribution in [2.75, 3.05) is 13.2 Å². The molecule has 1 saturated heterocycles. The Kier molecular flexibility index (Phi) is 7.56. The molecule has 6 heteroatoms. The predicted molar refractivity (Wildman–Crippen MR) is 131 cm³/mol. The average molecular weight is 464 g/mol. The molecule has 0 spiro atoms. The summed E-state index contributed by atoms with van der Waals surface area (Å²) < 4.78 is 11.3. The fourth-order valence-corrected chi connectivity index (χ4v) is 4.93. The number of ether oxygens (including phenoxy) is 2. The van der Waals surface area contributed by atoms with Crippen molar-refractivity contribution in [3.05, 3.63) is 65.2 Å². The quantitative estimate of drug-likeness (QED) is 0.312. The first kappa shape index (κ1) is 23.9. The summed E-state index contributed by atoms with van der Waals surface area (Å²) in [6.45, 7) is 5.05. The van der Waals surface area contributed by atoms with Crippen molar-refractivity contribution >= 4 is 17.4 Å². The average Bonchev–Trinajstić information content (AvgIpc) is 3.14. The molecule has 1 saturated carbocycles. The lowest BCUT2D eigenvalue weighted by molar-refractivity contribution is -0.141. The van der Waals surface area contributed by atoms with Crippen LogP contribution in [0.25, 0.3) is 5.76 Å². The molecular weight excluding hydrogens is 430 g/mol. The maximum atomic E-state index is 13.3. The molecule has 1 N–H and O–H groups in total. The van der Waals surface area contributed by atoms with Gasteiger partial charge in [0.1, 0.15) is 17.3 Å². The number of hydrogen-bond acceptors (Lipinski definition) is 5. The van der Waals surface area contributed by atoms with Crippen LogP contribution in [0.1, 0.15) is 69.5 Å². The van der Waals surface area contributed by atoms with E-state index in [2.05, 4.69) is 0 Å². The molecule has 6 nitrogen and oxygen atoms in total.